The second-order valence-electron chi connectivity index (χ2n) is 7.02. The van der Waals surface area contributed by atoms with Crippen molar-refractivity contribution in [1.82, 2.24) is 9.88 Å². The Bertz CT molecular complexity index is 822. The number of aromatic nitrogens is 1. The number of allylic oxidation sites excluding steroid dienone is 1. The highest BCUT2D eigenvalue weighted by Gasteiger charge is 2.15. The number of rotatable bonds is 3. The lowest BCUT2D eigenvalue weighted by atomic mass is 10.0. The summed E-state index contributed by atoms with van der Waals surface area (Å²) >= 11 is 0. The van der Waals surface area contributed by atoms with Crippen molar-refractivity contribution in [3.63, 3.8) is 0 Å². The predicted octanol–water partition coefficient (Wildman–Crippen LogP) is 3.47. The number of amides is 1. The standard InChI is InChI=1S/C20H24N2O2/c1-14(12-15-6-11-18(23)22(5)13-15)16-7-9-17(10-8-16)19(24)21-20(2,3)4/h6-13H,1-5H3,(H,21,24)/b14-12-. The SMILES string of the molecule is C/C(=C/c1ccc(=O)n(C)c1)c1ccc(C(=O)NC(C)(C)C)cc1. The van der Waals surface area contributed by atoms with E-state index in [9.17, 15) is 9.59 Å². The third-order valence-electron chi connectivity index (χ3n) is 3.58. The largest absolute Gasteiger partial charge is 0.347 e. The van der Waals surface area contributed by atoms with Gasteiger partial charge in [-0.1, -0.05) is 12.1 Å². The van der Waals surface area contributed by atoms with E-state index in [2.05, 4.69) is 5.32 Å². The summed E-state index contributed by atoms with van der Waals surface area (Å²) in [5, 5.41) is 2.95. The molecular formula is C20H24N2O2. The third kappa shape index (κ3) is 4.69. The van der Waals surface area contributed by atoms with E-state index in [-0.39, 0.29) is 17.0 Å². The molecule has 1 heterocycles. The maximum atomic E-state index is 12.1. The van der Waals surface area contributed by atoms with Crippen LogP contribution in [-0.4, -0.2) is 16.0 Å². The average Bonchev–Trinajstić information content (AvgIpc) is 2.49. The Morgan fingerprint density at radius 1 is 1.04 bits per heavy atom. The van der Waals surface area contributed by atoms with E-state index in [1.807, 2.05) is 58.0 Å². The van der Waals surface area contributed by atoms with Gasteiger partial charge in [0.1, 0.15) is 0 Å². The van der Waals surface area contributed by atoms with E-state index in [1.165, 1.54) is 0 Å². The zero-order valence-corrected chi connectivity index (χ0v) is 14.9. The zero-order valence-electron chi connectivity index (χ0n) is 14.9. The molecule has 0 aliphatic carbocycles. The van der Waals surface area contributed by atoms with Crippen molar-refractivity contribution in [1.29, 1.82) is 0 Å². The highest BCUT2D eigenvalue weighted by molar-refractivity contribution is 5.95. The third-order valence-corrected chi connectivity index (χ3v) is 3.58. The molecule has 0 saturated carbocycles. The second kappa shape index (κ2) is 6.87. The molecule has 1 aromatic heterocycles. The average molecular weight is 324 g/mol. The molecule has 1 aromatic carbocycles. The monoisotopic (exact) mass is 324 g/mol. The Labute approximate surface area is 142 Å². The summed E-state index contributed by atoms with van der Waals surface area (Å²) in [5.41, 5.74) is 3.42. The smallest absolute Gasteiger partial charge is 0.251 e. The number of nitrogens with one attached hydrogen (secondary N) is 1. The van der Waals surface area contributed by atoms with Crippen LogP contribution >= 0.6 is 0 Å². The molecule has 1 amide bonds. The number of nitrogens with zero attached hydrogens (tertiary/aromatic N) is 1. The van der Waals surface area contributed by atoms with E-state index in [1.54, 1.807) is 29.9 Å². The minimum Gasteiger partial charge on any atom is -0.347 e. The topological polar surface area (TPSA) is 51.1 Å². The zero-order chi connectivity index (χ0) is 17.9. The number of aryl methyl sites for hydroxylation is 1. The van der Waals surface area contributed by atoms with E-state index >= 15 is 0 Å². The van der Waals surface area contributed by atoms with Gasteiger partial charge in [-0.25, -0.2) is 0 Å². The molecular weight excluding hydrogens is 300 g/mol. The lowest BCUT2D eigenvalue weighted by Crippen LogP contribution is -2.40. The van der Waals surface area contributed by atoms with Crippen LogP contribution in [0.1, 0.15) is 49.2 Å². The van der Waals surface area contributed by atoms with Crippen molar-refractivity contribution in [3.8, 4) is 0 Å². The number of carbonyl (C=O) groups is 1. The van der Waals surface area contributed by atoms with Crippen LogP contribution in [0, 0.1) is 0 Å². The minimum atomic E-state index is -0.255. The maximum absolute atomic E-state index is 12.1. The van der Waals surface area contributed by atoms with E-state index in [4.69, 9.17) is 0 Å². The van der Waals surface area contributed by atoms with Crippen molar-refractivity contribution >= 4 is 17.6 Å². The molecule has 2 rings (SSSR count). The predicted molar refractivity (Wildman–Crippen MR) is 98.9 cm³/mol. The fourth-order valence-electron chi connectivity index (χ4n) is 2.33. The summed E-state index contributed by atoms with van der Waals surface area (Å²) in [6.07, 6.45) is 3.82. The van der Waals surface area contributed by atoms with Crippen molar-refractivity contribution in [3.05, 3.63) is 69.6 Å². The van der Waals surface area contributed by atoms with Gasteiger partial charge in [0.15, 0.2) is 0 Å². The summed E-state index contributed by atoms with van der Waals surface area (Å²) in [6, 6.07) is 10.9. The number of carbonyl (C=O) groups excluding carboxylic acids is 1. The maximum Gasteiger partial charge on any atom is 0.251 e. The molecule has 0 atom stereocenters. The Kier molecular flexibility index (Phi) is 5.07. The van der Waals surface area contributed by atoms with Crippen molar-refractivity contribution in [2.75, 3.05) is 0 Å². The number of hydrogen-bond donors (Lipinski definition) is 1. The van der Waals surface area contributed by atoms with Crippen molar-refractivity contribution in [2.45, 2.75) is 33.2 Å². The molecule has 0 aliphatic rings. The van der Waals surface area contributed by atoms with E-state index in [0.717, 1.165) is 16.7 Å². The van der Waals surface area contributed by atoms with Gasteiger partial charge in [0.05, 0.1) is 0 Å². The molecule has 0 bridgehead atoms. The first-order valence-corrected chi connectivity index (χ1v) is 7.94. The van der Waals surface area contributed by atoms with E-state index in [0.29, 0.717) is 5.56 Å². The van der Waals surface area contributed by atoms with Gasteiger partial charge in [0.25, 0.3) is 5.91 Å². The molecule has 4 nitrogen and oxygen atoms in total. The summed E-state index contributed by atoms with van der Waals surface area (Å²) in [5.74, 6) is -0.0752. The number of hydrogen-bond acceptors (Lipinski definition) is 2. The Morgan fingerprint density at radius 2 is 1.62 bits per heavy atom. The Morgan fingerprint density at radius 3 is 2.17 bits per heavy atom. The number of benzene rings is 1. The van der Waals surface area contributed by atoms with E-state index < -0.39 is 0 Å². The molecule has 1 N–H and O–H groups in total. The van der Waals surface area contributed by atoms with Crippen molar-refractivity contribution in [2.24, 2.45) is 7.05 Å². The molecule has 0 spiro atoms. The molecule has 2 aromatic rings. The molecule has 0 unspecified atom stereocenters. The molecule has 0 fully saturated rings. The number of pyridine rings is 1. The first-order valence-electron chi connectivity index (χ1n) is 7.94. The Hall–Kier alpha value is -2.62. The molecule has 0 aliphatic heterocycles. The van der Waals surface area contributed by atoms with Gasteiger partial charge in [-0.2, -0.15) is 0 Å². The van der Waals surface area contributed by atoms with Gasteiger partial charge < -0.3 is 9.88 Å². The highest BCUT2D eigenvalue weighted by atomic mass is 16.1. The van der Waals surface area contributed by atoms with Crippen LogP contribution < -0.4 is 10.9 Å². The van der Waals surface area contributed by atoms with Gasteiger partial charge in [-0.3, -0.25) is 9.59 Å². The van der Waals surface area contributed by atoms with Gasteiger partial charge >= 0.3 is 0 Å². The molecule has 126 valence electrons. The van der Waals surface area contributed by atoms with Crippen LogP contribution in [0.3, 0.4) is 0 Å². The summed E-state index contributed by atoms with van der Waals surface area (Å²) in [6.45, 7) is 7.88. The summed E-state index contributed by atoms with van der Waals surface area (Å²) in [7, 11) is 1.73. The second-order valence-corrected chi connectivity index (χ2v) is 7.02. The molecule has 0 saturated heterocycles. The van der Waals surface area contributed by atoms with Crippen LogP contribution in [-0.2, 0) is 7.05 Å². The van der Waals surface area contributed by atoms with Crippen LogP contribution in [0.4, 0.5) is 0 Å². The quantitative estimate of drug-likeness (QED) is 0.940. The minimum absolute atomic E-state index is 0.0287. The van der Waals surface area contributed by atoms with Crippen LogP contribution in [0.5, 0.6) is 0 Å². The van der Waals surface area contributed by atoms with Crippen LogP contribution in [0.15, 0.2) is 47.4 Å². The fourth-order valence-corrected chi connectivity index (χ4v) is 2.33. The molecule has 4 heteroatoms. The molecule has 24 heavy (non-hydrogen) atoms. The Balaban J connectivity index is 2.20. The van der Waals surface area contributed by atoms with Crippen LogP contribution in [0.2, 0.25) is 0 Å². The molecule has 0 radical (unpaired) electrons. The normalized spacial score (nSPS) is 12.1. The lowest BCUT2D eigenvalue weighted by molar-refractivity contribution is 0.0919. The first kappa shape index (κ1) is 17.7. The van der Waals surface area contributed by atoms with Gasteiger partial charge in [-0.05, 0) is 68.7 Å². The summed E-state index contributed by atoms with van der Waals surface area (Å²) in [4.78, 5) is 23.6. The van der Waals surface area contributed by atoms with Crippen LogP contribution in [0.25, 0.3) is 11.6 Å². The van der Waals surface area contributed by atoms with Gasteiger partial charge in [-0.15, -0.1) is 0 Å². The van der Waals surface area contributed by atoms with Crippen molar-refractivity contribution < 1.29 is 4.79 Å². The summed E-state index contributed by atoms with van der Waals surface area (Å²) < 4.78 is 1.55. The first-order chi connectivity index (χ1) is 11.2. The van der Waals surface area contributed by atoms with Gasteiger partial charge in [0, 0.05) is 30.4 Å². The fraction of sp³-hybridized carbons (Fsp3) is 0.300. The lowest BCUT2D eigenvalue weighted by Gasteiger charge is -2.20. The highest BCUT2D eigenvalue weighted by Crippen LogP contribution is 2.18. The van der Waals surface area contributed by atoms with Gasteiger partial charge in [0.2, 0.25) is 5.56 Å².